The fourth-order valence-corrected chi connectivity index (χ4v) is 3.56. The highest BCUT2D eigenvalue weighted by molar-refractivity contribution is 5.98. The summed E-state index contributed by atoms with van der Waals surface area (Å²) in [5.41, 5.74) is 4.22. The highest BCUT2D eigenvalue weighted by Gasteiger charge is 2.25. The van der Waals surface area contributed by atoms with Crippen LogP contribution in [-0.2, 0) is 9.59 Å². The van der Waals surface area contributed by atoms with Crippen molar-refractivity contribution in [2.75, 3.05) is 11.9 Å². The maximum absolute atomic E-state index is 12.4. The molecule has 1 saturated heterocycles. The van der Waals surface area contributed by atoms with Crippen molar-refractivity contribution < 1.29 is 24.7 Å². The van der Waals surface area contributed by atoms with Crippen molar-refractivity contribution in [1.29, 1.82) is 0 Å². The van der Waals surface area contributed by atoms with Crippen molar-refractivity contribution in [3.8, 4) is 11.1 Å². The molecular weight excluding hydrogens is 412 g/mol. The van der Waals surface area contributed by atoms with Gasteiger partial charge in [-0.2, -0.15) is 0 Å². The Labute approximate surface area is 186 Å². The summed E-state index contributed by atoms with van der Waals surface area (Å²) in [5, 5.41) is 26.9. The summed E-state index contributed by atoms with van der Waals surface area (Å²) in [6.07, 6.45) is 1.80. The van der Waals surface area contributed by atoms with Crippen LogP contribution in [0.2, 0.25) is 0 Å². The number of hydrogen-bond donors (Lipinski definition) is 6. The number of hydroxylamine groups is 1. The van der Waals surface area contributed by atoms with Gasteiger partial charge in [-0.1, -0.05) is 30.7 Å². The number of carbonyl (C=O) groups is 3. The zero-order valence-corrected chi connectivity index (χ0v) is 17.8. The van der Waals surface area contributed by atoms with Crippen LogP contribution in [0.4, 0.5) is 5.69 Å². The summed E-state index contributed by atoms with van der Waals surface area (Å²) >= 11 is 0. The number of piperidine rings is 1. The molecule has 6 N–H and O–H groups in total. The lowest BCUT2D eigenvalue weighted by atomic mass is 10.0. The number of aliphatic hydroxyl groups excluding tert-OH is 1. The van der Waals surface area contributed by atoms with E-state index >= 15 is 0 Å². The van der Waals surface area contributed by atoms with Gasteiger partial charge in [0.25, 0.3) is 11.8 Å². The van der Waals surface area contributed by atoms with Gasteiger partial charge in [0.05, 0.1) is 12.1 Å². The Morgan fingerprint density at radius 3 is 2.16 bits per heavy atom. The Bertz CT molecular complexity index is 938. The van der Waals surface area contributed by atoms with E-state index in [1.807, 2.05) is 24.3 Å². The number of carbonyl (C=O) groups excluding carboxylic acids is 3. The molecule has 3 atom stereocenters. The summed E-state index contributed by atoms with van der Waals surface area (Å²) in [5.74, 6) is -1.49. The highest BCUT2D eigenvalue weighted by Crippen LogP contribution is 2.22. The molecule has 170 valence electrons. The normalized spacial score (nSPS) is 17.7. The lowest BCUT2D eigenvalue weighted by Crippen LogP contribution is -2.51. The molecule has 2 aromatic rings. The van der Waals surface area contributed by atoms with E-state index in [4.69, 9.17) is 5.21 Å². The molecule has 0 radical (unpaired) electrons. The van der Waals surface area contributed by atoms with E-state index in [9.17, 15) is 19.5 Å². The number of aliphatic hydroxyl groups is 1. The fraction of sp³-hybridized carbons (Fsp3) is 0.348. The zero-order chi connectivity index (χ0) is 23.1. The standard InChI is InChI=1S/C23H28N4O5/c1-14(28)20(23(31)27-32)26-21(29)17-7-5-15(6-8-17)16-9-11-18(12-10-16)25-22(30)19-4-2-3-13-24-19/h5-12,14,19-20,24,28,32H,2-4,13H2,1H3,(H,25,30)(H,26,29)(H,27,31)/t14-,19+,20+/m1/s1. The minimum atomic E-state index is -1.28. The lowest BCUT2D eigenvalue weighted by molar-refractivity contribution is -0.133. The quantitative estimate of drug-likeness (QED) is 0.284. The van der Waals surface area contributed by atoms with Crippen molar-refractivity contribution in [2.45, 2.75) is 44.4 Å². The largest absolute Gasteiger partial charge is 0.391 e. The third kappa shape index (κ3) is 5.91. The number of benzene rings is 2. The molecule has 9 nitrogen and oxygen atoms in total. The van der Waals surface area contributed by atoms with Gasteiger partial charge in [-0.15, -0.1) is 0 Å². The predicted octanol–water partition coefficient (Wildman–Crippen LogP) is 1.42. The molecule has 0 saturated carbocycles. The van der Waals surface area contributed by atoms with E-state index in [0.29, 0.717) is 11.3 Å². The minimum absolute atomic E-state index is 0.0294. The third-order valence-electron chi connectivity index (χ3n) is 5.42. The molecule has 1 aliphatic rings. The molecule has 9 heteroatoms. The van der Waals surface area contributed by atoms with Crippen LogP contribution in [0, 0.1) is 0 Å². The van der Waals surface area contributed by atoms with Gasteiger partial charge in [-0.25, -0.2) is 5.48 Å². The van der Waals surface area contributed by atoms with E-state index < -0.39 is 24.0 Å². The van der Waals surface area contributed by atoms with Crippen molar-refractivity contribution in [3.63, 3.8) is 0 Å². The molecular formula is C23H28N4O5. The van der Waals surface area contributed by atoms with E-state index in [1.165, 1.54) is 12.4 Å². The molecule has 3 rings (SSSR count). The monoisotopic (exact) mass is 440 g/mol. The Morgan fingerprint density at radius 2 is 1.62 bits per heavy atom. The van der Waals surface area contributed by atoms with Crippen LogP contribution in [0.5, 0.6) is 0 Å². The van der Waals surface area contributed by atoms with Gasteiger partial charge >= 0.3 is 0 Å². The summed E-state index contributed by atoms with van der Waals surface area (Å²) in [6, 6.07) is 12.7. The molecule has 32 heavy (non-hydrogen) atoms. The van der Waals surface area contributed by atoms with Gasteiger partial charge in [0.1, 0.15) is 6.04 Å². The fourth-order valence-electron chi connectivity index (χ4n) is 3.56. The predicted molar refractivity (Wildman–Crippen MR) is 119 cm³/mol. The van der Waals surface area contributed by atoms with Crippen LogP contribution >= 0.6 is 0 Å². The maximum Gasteiger partial charge on any atom is 0.268 e. The highest BCUT2D eigenvalue weighted by atomic mass is 16.5. The SMILES string of the molecule is C[C@@H](O)[C@H](NC(=O)c1ccc(-c2ccc(NC(=O)[C@@H]3CCCCN3)cc2)cc1)C(=O)NO. The average molecular weight is 441 g/mol. The van der Waals surface area contributed by atoms with Gasteiger partial charge in [0, 0.05) is 11.3 Å². The van der Waals surface area contributed by atoms with E-state index in [0.717, 1.165) is 36.9 Å². The lowest BCUT2D eigenvalue weighted by Gasteiger charge is -2.22. The van der Waals surface area contributed by atoms with E-state index in [1.54, 1.807) is 24.3 Å². The maximum atomic E-state index is 12.4. The topological polar surface area (TPSA) is 140 Å². The number of hydrogen-bond acceptors (Lipinski definition) is 6. The van der Waals surface area contributed by atoms with Crippen molar-refractivity contribution >= 4 is 23.4 Å². The van der Waals surface area contributed by atoms with Gasteiger partial charge in [-0.05, 0) is 61.7 Å². The van der Waals surface area contributed by atoms with Crippen molar-refractivity contribution in [3.05, 3.63) is 54.1 Å². The van der Waals surface area contributed by atoms with Crippen LogP contribution in [0.15, 0.2) is 48.5 Å². The Kier molecular flexibility index (Phi) is 7.93. The van der Waals surface area contributed by atoms with E-state index in [2.05, 4.69) is 16.0 Å². The van der Waals surface area contributed by atoms with Gasteiger partial charge in [0.2, 0.25) is 5.91 Å². The van der Waals surface area contributed by atoms with E-state index in [-0.39, 0.29) is 11.9 Å². The smallest absolute Gasteiger partial charge is 0.268 e. The minimum Gasteiger partial charge on any atom is -0.391 e. The second-order valence-corrected chi connectivity index (χ2v) is 7.81. The first kappa shape index (κ1) is 23.4. The number of nitrogens with one attached hydrogen (secondary N) is 4. The van der Waals surface area contributed by atoms with Crippen LogP contribution in [0.3, 0.4) is 0 Å². The van der Waals surface area contributed by atoms with Crippen LogP contribution < -0.4 is 21.4 Å². The molecule has 1 fully saturated rings. The first-order valence-corrected chi connectivity index (χ1v) is 10.6. The summed E-state index contributed by atoms with van der Waals surface area (Å²) < 4.78 is 0. The van der Waals surface area contributed by atoms with Gasteiger partial charge in [-0.3, -0.25) is 19.6 Å². The molecule has 1 aliphatic heterocycles. The molecule has 1 heterocycles. The summed E-state index contributed by atoms with van der Waals surface area (Å²) in [6.45, 7) is 2.19. The zero-order valence-electron chi connectivity index (χ0n) is 17.8. The summed E-state index contributed by atoms with van der Waals surface area (Å²) in [4.78, 5) is 36.3. The van der Waals surface area contributed by atoms with Crippen LogP contribution in [-0.4, -0.2) is 52.8 Å². The van der Waals surface area contributed by atoms with Crippen LogP contribution in [0.25, 0.3) is 11.1 Å². The molecule has 0 bridgehead atoms. The molecule has 0 spiro atoms. The van der Waals surface area contributed by atoms with Gasteiger partial charge in [0.15, 0.2) is 0 Å². The number of amides is 3. The van der Waals surface area contributed by atoms with Crippen molar-refractivity contribution in [2.24, 2.45) is 0 Å². The molecule has 0 aromatic heterocycles. The molecule has 2 aromatic carbocycles. The summed E-state index contributed by atoms with van der Waals surface area (Å²) in [7, 11) is 0. The number of anilines is 1. The van der Waals surface area contributed by atoms with Crippen molar-refractivity contribution in [1.82, 2.24) is 16.1 Å². The Hall–Kier alpha value is -3.27. The second kappa shape index (κ2) is 10.9. The third-order valence-corrected chi connectivity index (χ3v) is 5.42. The Morgan fingerprint density at radius 1 is 1.00 bits per heavy atom. The van der Waals surface area contributed by atoms with Gasteiger partial charge < -0.3 is 21.1 Å². The molecule has 3 amide bonds. The second-order valence-electron chi connectivity index (χ2n) is 7.81. The first-order chi connectivity index (χ1) is 15.4. The average Bonchev–Trinajstić information content (AvgIpc) is 2.83. The molecule has 0 aliphatic carbocycles. The number of rotatable bonds is 7. The Balaban J connectivity index is 1.62. The van der Waals surface area contributed by atoms with Crippen LogP contribution in [0.1, 0.15) is 36.5 Å². The molecule has 0 unspecified atom stereocenters. The first-order valence-electron chi connectivity index (χ1n) is 10.6.